The van der Waals surface area contributed by atoms with Gasteiger partial charge in [-0.25, -0.2) is 4.98 Å². The molecule has 2 heterocycles. The van der Waals surface area contributed by atoms with Gasteiger partial charge in [-0.2, -0.15) is 0 Å². The minimum Gasteiger partial charge on any atom is -0.388 e. The summed E-state index contributed by atoms with van der Waals surface area (Å²) in [6.45, 7) is 1.79. The molecule has 0 aliphatic carbocycles. The molecular formula is C14H14N4S. The predicted molar refractivity (Wildman–Crippen MR) is 79.1 cm³/mol. The van der Waals surface area contributed by atoms with Crippen LogP contribution in [0.1, 0.15) is 16.8 Å². The van der Waals surface area contributed by atoms with Gasteiger partial charge < -0.3 is 10.6 Å². The molecule has 2 N–H and O–H groups in total. The number of aromatic nitrogens is 2. The minimum absolute atomic E-state index is 0.284. The van der Waals surface area contributed by atoms with Crippen LogP contribution in [0.25, 0.3) is 0 Å². The Morgan fingerprint density at radius 2 is 2.00 bits per heavy atom. The fraction of sp³-hybridized carbons (Fsp3) is 0.214. The summed E-state index contributed by atoms with van der Waals surface area (Å²) in [5, 5.41) is 0. The van der Waals surface area contributed by atoms with Crippen LogP contribution in [-0.2, 0) is 13.0 Å². The second kappa shape index (κ2) is 4.93. The molecule has 2 aromatic rings. The number of anilines is 1. The van der Waals surface area contributed by atoms with Crippen molar-refractivity contribution in [2.24, 2.45) is 5.73 Å². The van der Waals surface area contributed by atoms with Gasteiger partial charge in [-0.05, 0) is 17.5 Å². The van der Waals surface area contributed by atoms with Gasteiger partial charge in [-0.1, -0.05) is 36.5 Å². The molecule has 96 valence electrons. The molecule has 0 fully saturated rings. The molecule has 0 bridgehead atoms. The second-order valence-corrected chi connectivity index (χ2v) is 5.01. The van der Waals surface area contributed by atoms with E-state index in [0.29, 0.717) is 5.69 Å². The molecule has 1 aromatic heterocycles. The lowest BCUT2D eigenvalue weighted by atomic mass is 10.0. The van der Waals surface area contributed by atoms with Gasteiger partial charge in [0.2, 0.25) is 0 Å². The Morgan fingerprint density at radius 1 is 1.21 bits per heavy atom. The third kappa shape index (κ3) is 2.42. The van der Waals surface area contributed by atoms with Crippen LogP contribution in [0.3, 0.4) is 0 Å². The van der Waals surface area contributed by atoms with E-state index in [-0.39, 0.29) is 4.99 Å². The highest BCUT2D eigenvalue weighted by atomic mass is 32.1. The third-order valence-electron chi connectivity index (χ3n) is 3.33. The Hall–Kier alpha value is -2.01. The molecule has 3 rings (SSSR count). The smallest absolute Gasteiger partial charge is 0.148 e. The summed E-state index contributed by atoms with van der Waals surface area (Å²) in [7, 11) is 0. The number of thiocarbonyl (C=S) groups is 1. The van der Waals surface area contributed by atoms with Crippen LogP contribution < -0.4 is 10.6 Å². The summed E-state index contributed by atoms with van der Waals surface area (Å²) in [5.74, 6) is 0.833. The molecule has 0 spiro atoms. The van der Waals surface area contributed by atoms with Crippen molar-refractivity contribution in [2.45, 2.75) is 13.0 Å². The lowest BCUT2D eigenvalue weighted by Crippen LogP contribution is -2.31. The standard InChI is InChI=1S/C14H14N4S/c15-14(19)12-7-16-8-13(17-12)18-6-5-10-3-1-2-4-11(10)9-18/h1-4,7-8H,5-6,9H2,(H2,15,19). The first-order valence-corrected chi connectivity index (χ1v) is 6.58. The Morgan fingerprint density at radius 3 is 2.79 bits per heavy atom. The van der Waals surface area contributed by atoms with Crippen LogP contribution in [0.2, 0.25) is 0 Å². The van der Waals surface area contributed by atoms with Crippen molar-refractivity contribution in [3.63, 3.8) is 0 Å². The van der Waals surface area contributed by atoms with Gasteiger partial charge in [-0.3, -0.25) is 4.98 Å². The second-order valence-electron chi connectivity index (χ2n) is 4.57. The normalized spacial score (nSPS) is 14.0. The molecule has 1 aliphatic rings. The van der Waals surface area contributed by atoms with Crippen LogP contribution >= 0.6 is 12.2 Å². The zero-order chi connectivity index (χ0) is 13.2. The molecule has 0 unspecified atom stereocenters. The number of rotatable bonds is 2. The minimum atomic E-state index is 0.284. The van der Waals surface area contributed by atoms with E-state index in [4.69, 9.17) is 18.0 Å². The van der Waals surface area contributed by atoms with Crippen molar-refractivity contribution >= 4 is 23.0 Å². The first-order chi connectivity index (χ1) is 9.24. The largest absolute Gasteiger partial charge is 0.388 e. The third-order valence-corrected chi connectivity index (χ3v) is 3.54. The summed E-state index contributed by atoms with van der Waals surface area (Å²) in [6.07, 6.45) is 4.38. The van der Waals surface area contributed by atoms with Crippen molar-refractivity contribution in [3.8, 4) is 0 Å². The molecule has 4 nitrogen and oxygen atoms in total. The SMILES string of the molecule is NC(=S)c1cncc(N2CCc3ccccc3C2)n1. The van der Waals surface area contributed by atoms with E-state index in [2.05, 4.69) is 39.1 Å². The fourth-order valence-electron chi connectivity index (χ4n) is 2.32. The van der Waals surface area contributed by atoms with Gasteiger partial charge in [-0.15, -0.1) is 0 Å². The lowest BCUT2D eigenvalue weighted by Gasteiger charge is -2.29. The first kappa shape index (κ1) is 12.0. The molecule has 1 aromatic carbocycles. The number of fused-ring (bicyclic) bond motifs is 1. The highest BCUT2D eigenvalue weighted by molar-refractivity contribution is 7.80. The molecule has 0 atom stereocenters. The van der Waals surface area contributed by atoms with Crippen LogP contribution in [0.15, 0.2) is 36.7 Å². The highest BCUT2D eigenvalue weighted by Crippen LogP contribution is 2.22. The predicted octanol–water partition coefficient (Wildman–Crippen LogP) is 1.67. The quantitative estimate of drug-likeness (QED) is 0.841. The summed E-state index contributed by atoms with van der Waals surface area (Å²) < 4.78 is 0. The Balaban J connectivity index is 1.89. The van der Waals surface area contributed by atoms with Crippen LogP contribution in [0.4, 0.5) is 5.82 Å². The zero-order valence-electron chi connectivity index (χ0n) is 10.4. The van der Waals surface area contributed by atoms with E-state index in [9.17, 15) is 0 Å². The Kier molecular flexibility index (Phi) is 3.13. The first-order valence-electron chi connectivity index (χ1n) is 6.17. The van der Waals surface area contributed by atoms with Gasteiger partial charge in [0.15, 0.2) is 0 Å². The average Bonchev–Trinajstić information content (AvgIpc) is 2.47. The van der Waals surface area contributed by atoms with Crippen LogP contribution in [-0.4, -0.2) is 21.5 Å². The van der Waals surface area contributed by atoms with Crippen molar-refractivity contribution in [1.29, 1.82) is 0 Å². The molecular weight excluding hydrogens is 256 g/mol. The number of hydrogen-bond donors (Lipinski definition) is 1. The topological polar surface area (TPSA) is 55.0 Å². The monoisotopic (exact) mass is 270 g/mol. The van der Waals surface area contributed by atoms with Crippen molar-refractivity contribution in [2.75, 3.05) is 11.4 Å². The van der Waals surface area contributed by atoms with Gasteiger partial charge in [0.05, 0.1) is 12.4 Å². The van der Waals surface area contributed by atoms with Gasteiger partial charge in [0, 0.05) is 13.1 Å². The van der Waals surface area contributed by atoms with Gasteiger partial charge in [0.25, 0.3) is 0 Å². The molecule has 0 saturated heterocycles. The summed E-state index contributed by atoms with van der Waals surface area (Å²) in [4.78, 5) is 11.1. The number of nitrogens with zero attached hydrogens (tertiary/aromatic N) is 3. The maximum Gasteiger partial charge on any atom is 0.148 e. The summed E-state index contributed by atoms with van der Waals surface area (Å²) in [5.41, 5.74) is 8.93. The zero-order valence-corrected chi connectivity index (χ0v) is 11.2. The molecule has 0 saturated carbocycles. The van der Waals surface area contributed by atoms with E-state index in [1.807, 2.05) is 0 Å². The van der Waals surface area contributed by atoms with Crippen LogP contribution in [0.5, 0.6) is 0 Å². The van der Waals surface area contributed by atoms with E-state index in [0.717, 1.165) is 25.3 Å². The Bertz CT molecular complexity index is 626. The van der Waals surface area contributed by atoms with E-state index in [1.54, 1.807) is 12.4 Å². The average molecular weight is 270 g/mol. The van der Waals surface area contributed by atoms with E-state index >= 15 is 0 Å². The lowest BCUT2D eigenvalue weighted by molar-refractivity contribution is 0.718. The number of benzene rings is 1. The Labute approximate surface area is 117 Å². The molecule has 0 radical (unpaired) electrons. The molecule has 5 heteroatoms. The van der Waals surface area contributed by atoms with E-state index < -0.39 is 0 Å². The maximum atomic E-state index is 5.60. The van der Waals surface area contributed by atoms with Crippen LogP contribution in [0, 0.1) is 0 Å². The van der Waals surface area contributed by atoms with Crippen molar-refractivity contribution < 1.29 is 0 Å². The summed E-state index contributed by atoms with van der Waals surface area (Å²) >= 11 is 4.94. The molecule has 0 amide bonds. The van der Waals surface area contributed by atoms with E-state index in [1.165, 1.54) is 11.1 Å². The highest BCUT2D eigenvalue weighted by Gasteiger charge is 2.17. The molecule has 19 heavy (non-hydrogen) atoms. The summed E-state index contributed by atoms with van der Waals surface area (Å²) in [6, 6.07) is 8.50. The van der Waals surface area contributed by atoms with Crippen molar-refractivity contribution in [1.82, 2.24) is 9.97 Å². The van der Waals surface area contributed by atoms with Gasteiger partial charge in [0.1, 0.15) is 16.5 Å². The molecule has 1 aliphatic heterocycles. The van der Waals surface area contributed by atoms with Gasteiger partial charge >= 0.3 is 0 Å². The number of hydrogen-bond acceptors (Lipinski definition) is 4. The fourth-order valence-corrected chi connectivity index (χ4v) is 2.42. The number of nitrogens with two attached hydrogens (primary N) is 1. The van der Waals surface area contributed by atoms with Crippen molar-refractivity contribution in [3.05, 3.63) is 53.5 Å². The maximum absolute atomic E-state index is 5.60.